The normalized spacial score (nSPS) is 36.6. The van der Waals surface area contributed by atoms with Crippen LogP contribution < -0.4 is 4.74 Å². The number of fused-ring (bicyclic) bond motifs is 5. The van der Waals surface area contributed by atoms with Crippen molar-refractivity contribution in [2.75, 3.05) is 6.79 Å². The van der Waals surface area contributed by atoms with Gasteiger partial charge < -0.3 is 19.3 Å². The summed E-state index contributed by atoms with van der Waals surface area (Å²) >= 11 is 0. The second-order valence-corrected chi connectivity index (χ2v) is 10.8. The number of amides is 1. The Bertz CT molecular complexity index is 1170. The zero-order valence-corrected chi connectivity index (χ0v) is 20.2. The van der Waals surface area contributed by atoms with Gasteiger partial charge >= 0.3 is 11.9 Å². The molecule has 0 aromatic heterocycles. The molecule has 0 bridgehead atoms. The summed E-state index contributed by atoms with van der Waals surface area (Å²) in [7, 11) is 0. The van der Waals surface area contributed by atoms with Gasteiger partial charge in [0.05, 0.1) is 12.8 Å². The summed E-state index contributed by atoms with van der Waals surface area (Å²) in [6.07, 6.45) is 9.65. The largest absolute Gasteiger partial charge is 0.436 e. The summed E-state index contributed by atoms with van der Waals surface area (Å²) in [6.45, 7) is 1.73. The van der Waals surface area contributed by atoms with Crippen molar-refractivity contribution >= 4 is 17.8 Å². The fourth-order valence-electron chi connectivity index (χ4n) is 7.25. The van der Waals surface area contributed by atoms with E-state index in [0.717, 1.165) is 37.7 Å². The van der Waals surface area contributed by atoms with E-state index in [1.54, 1.807) is 6.07 Å². The Hall–Kier alpha value is -3.09. The first-order valence-corrected chi connectivity index (χ1v) is 12.4. The number of carbonyl (C=O) groups excluding carboxylic acids is 3. The topological polar surface area (TPSA) is 129 Å². The van der Waals surface area contributed by atoms with Crippen LogP contribution >= 0.6 is 0 Å². The molecule has 3 aliphatic carbocycles. The number of rotatable bonds is 5. The summed E-state index contributed by atoms with van der Waals surface area (Å²) in [4.78, 5) is 46.9. The number of aliphatic hydroxyl groups is 1. The molecule has 0 radical (unpaired) electrons. The molecule has 2 saturated carbocycles. The molecule has 9 nitrogen and oxygen atoms in total. The van der Waals surface area contributed by atoms with Gasteiger partial charge in [0.15, 0.2) is 12.4 Å². The molecule has 1 aromatic rings. The smallest absolute Gasteiger partial charge is 0.341 e. The van der Waals surface area contributed by atoms with Gasteiger partial charge in [-0.3, -0.25) is 9.59 Å². The van der Waals surface area contributed by atoms with Gasteiger partial charge in [-0.15, -0.1) is 11.3 Å². The lowest BCUT2D eigenvalue weighted by Gasteiger charge is -2.52. The summed E-state index contributed by atoms with van der Waals surface area (Å²) in [5.74, 6) is 1.41. The van der Waals surface area contributed by atoms with Crippen LogP contribution in [0, 0.1) is 34.5 Å². The molecule has 1 aliphatic heterocycles. The maximum Gasteiger partial charge on any atom is 0.341 e. The Morgan fingerprint density at radius 3 is 2.75 bits per heavy atom. The number of benzene rings is 1. The zero-order valence-electron chi connectivity index (χ0n) is 20.2. The van der Waals surface area contributed by atoms with Gasteiger partial charge in [-0.25, -0.2) is 4.79 Å². The third-order valence-electron chi connectivity index (χ3n) is 9.19. The molecule has 9 heteroatoms. The fourth-order valence-corrected chi connectivity index (χ4v) is 7.25. The number of cyclic esters (lactones) is 1. The molecule has 1 N–H and O–H groups in total. The predicted octanol–water partition coefficient (Wildman–Crippen LogP) is 3.16. The Kier molecular flexibility index (Phi) is 6.00. The quantitative estimate of drug-likeness (QED) is 0.286. The monoisotopic (exact) mass is 495 g/mol. The highest BCUT2D eigenvalue weighted by Gasteiger charge is 2.61. The Balaban J connectivity index is 1.30. The van der Waals surface area contributed by atoms with Gasteiger partial charge in [-0.1, -0.05) is 18.9 Å². The van der Waals surface area contributed by atoms with Crippen LogP contribution in [-0.2, 0) is 30.3 Å². The second-order valence-electron chi connectivity index (χ2n) is 10.8. The van der Waals surface area contributed by atoms with Crippen LogP contribution in [0.5, 0.6) is 5.75 Å². The number of esters is 2. The molecule has 1 saturated heterocycles. The average Bonchev–Trinajstić information content (AvgIpc) is 3.34. The van der Waals surface area contributed by atoms with E-state index >= 15 is 0 Å². The van der Waals surface area contributed by atoms with E-state index in [2.05, 4.69) is 18.0 Å². The van der Waals surface area contributed by atoms with Gasteiger partial charge in [0.1, 0.15) is 11.4 Å². The van der Waals surface area contributed by atoms with E-state index in [0.29, 0.717) is 29.9 Å². The first kappa shape index (κ1) is 24.6. The molecule has 3 fully saturated rings. The molecule has 5 rings (SSSR count). The van der Waals surface area contributed by atoms with Crippen LogP contribution in [0.15, 0.2) is 23.4 Å². The number of terminal acetylenes is 1. The molecule has 36 heavy (non-hydrogen) atoms. The number of nitroso groups, excluding NO2 is 1. The van der Waals surface area contributed by atoms with Crippen LogP contribution in [0.25, 0.3) is 0 Å². The molecule has 1 aromatic carbocycles. The summed E-state index contributed by atoms with van der Waals surface area (Å²) in [5.41, 5.74) is -0.858. The molecule has 1 heterocycles. The number of nitrogens with zero attached hydrogens (tertiary/aromatic N) is 1. The molecule has 190 valence electrons. The van der Waals surface area contributed by atoms with Crippen molar-refractivity contribution in [1.29, 1.82) is 0 Å². The predicted molar refractivity (Wildman–Crippen MR) is 125 cm³/mol. The average molecular weight is 496 g/mol. The minimum atomic E-state index is -1.90. The lowest BCUT2D eigenvalue weighted by molar-refractivity contribution is -0.153. The van der Waals surface area contributed by atoms with Crippen molar-refractivity contribution in [1.82, 2.24) is 0 Å². The van der Waals surface area contributed by atoms with E-state index in [4.69, 9.17) is 20.6 Å². The minimum absolute atomic E-state index is 0.268. The lowest BCUT2D eigenvalue weighted by atomic mass is 9.53. The number of hydrogen-bond acceptors (Lipinski definition) is 8. The highest BCUT2D eigenvalue weighted by molar-refractivity contribution is 5.93. The van der Waals surface area contributed by atoms with Crippen molar-refractivity contribution in [2.24, 2.45) is 22.4 Å². The van der Waals surface area contributed by atoms with Crippen molar-refractivity contribution < 1.29 is 33.7 Å². The molecule has 4 unspecified atom stereocenters. The maximum absolute atomic E-state index is 12.7. The Morgan fingerprint density at radius 1 is 1.25 bits per heavy atom. The molecule has 1 amide bonds. The Labute approximate surface area is 208 Å². The lowest BCUT2D eigenvalue weighted by Crippen LogP contribution is -2.50. The Morgan fingerprint density at radius 2 is 2.06 bits per heavy atom. The van der Waals surface area contributed by atoms with E-state index in [9.17, 15) is 24.4 Å². The standard InChI is InChI=1S/C27H29NO8/c1-3-27(32)11-9-21-20-6-4-16-12-17(5-7-18(16)19(20)8-10-25(21,27)2)36-23(30)14-26(13-22(29)28-33)24(31)34-15-35-26/h1,5,7,12,19-21,32H,4,6,8-11,13-15H2,2H3/t19?,20?,21?,25-,26?,27-/m0/s1. The highest BCUT2D eigenvalue weighted by atomic mass is 16.7. The molecule has 4 aliphatic rings. The minimum Gasteiger partial charge on any atom is -0.436 e. The van der Waals surface area contributed by atoms with E-state index < -0.39 is 48.7 Å². The summed E-state index contributed by atoms with van der Waals surface area (Å²) < 4.78 is 15.5. The van der Waals surface area contributed by atoms with Gasteiger partial charge in [0.2, 0.25) is 0 Å². The summed E-state index contributed by atoms with van der Waals surface area (Å²) in [6, 6.07) is 5.58. The van der Waals surface area contributed by atoms with Crippen LogP contribution in [0.3, 0.4) is 0 Å². The van der Waals surface area contributed by atoms with Crippen molar-refractivity contribution in [2.45, 2.75) is 75.4 Å². The van der Waals surface area contributed by atoms with Crippen LogP contribution in [-0.4, -0.2) is 40.9 Å². The second kappa shape index (κ2) is 8.79. The fraction of sp³-hybridized carbons (Fsp3) is 0.593. The van der Waals surface area contributed by atoms with Gasteiger partial charge in [0.25, 0.3) is 5.91 Å². The van der Waals surface area contributed by atoms with Crippen molar-refractivity contribution in [3.05, 3.63) is 34.2 Å². The molecular weight excluding hydrogens is 466 g/mol. The summed E-state index contributed by atoms with van der Waals surface area (Å²) in [5, 5.41) is 13.4. The van der Waals surface area contributed by atoms with Crippen LogP contribution in [0.4, 0.5) is 0 Å². The first-order valence-electron chi connectivity index (χ1n) is 12.4. The van der Waals surface area contributed by atoms with Gasteiger partial charge in [-0.05, 0) is 79.5 Å². The van der Waals surface area contributed by atoms with E-state index in [-0.39, 0.29) is 5.41 Å². The van der Waals surface area contributed by atoms with Gasteiger partial charge in [0, 0.05) is 10.6 Å². The van der Waals surface area contributed by atoms with Crippen molar-refractivity contribution in [3.8, 4) is 18.1 Å². The molecule has 0 spiro atoms. The maximum atomic E-state index is 12.7. The number of ether oxygens (including phenoxy) is 3. The SMILES string of the molecule is C#C[C@]1(O)CCC2C3CCc4cc(OC(=O)CC5(CC(=O)N=O)OCOC5=O)ccc4C3CC[C@@]21C. The van der Waals surface area contributed by atoms with Crippen LogP contribution in [0.1, 0.15) is 68.9 Å². The van der Waals surface area contributed by atoms with Crippen molar-refractivity contribution in [3.63, 3.8) is 0 Å². The highest BCUT2D eigenvalue weighted by Crippen LogP contribution is 2.64. The zero-order chi connectivity index (χ0) is 25.7. The van der Waals surface area contributed by atoms with Crippen LogP contribution in [0.2, 0.25) is 0 Å². The third-order valence-corrected chi connectivity index (χ3v) is 9.19. The first-order chi connectivity index (χ1) is 17.1. The van der Waals surface area contributed by atoms with E-state index in [1.807, 2.05) is 12.1 Å². The van der Waals surface area contributed by atoms with E-state index in [1.165, 1.54) is 5.56 Å². The number of aryl methyl sites for hydroxylation is 1. The third kappa shape index (κ3) is 3.75. The number of hydrogen-bond donors (Lipinski definition) is 1. The number of carbonyl (C=O) groups is 3. The molecular formula is C27H29NO8. The van der Waals surface area contributed by atoms with Gasteiger partial charge in [-0.2, -0.15) is 0 Å². The molecule has 6 atom stereocenters.